The molecule has 0 radical (unpaired) electrons. The van der Waals surface area contributed by atoms with Crippen molar-refractivity contribution >= 4 is 5.91 Å². The minimum absolute atomic E-state index is 0.159. The lowest BCUT2D eigenvalue weighted by molar-refractivity contribution is -0.129. The summed E-state index contributed by atoms with van der Waals surface area (Å²) in [4.78, 5) is 11.8. The molecule has 0 heterocycles. The Morgan fingerprint density at radius 3 is 2.16 bits per heavy atom. The molecule has 0 atom stereocenters. The largest absolute Gasteiger partial charge is 0.390 e. The molecule has 0 aromatic rings. The lowest BCUT2D eigenvalue weighted by atomic mass is 9.69. The van der Waals surface area contributed by atoms with E-state index in [1.165, 1.54) is 0 Å². The fourth-order valence-corrected chi connectivity index (χ4v) is 2.64. The van der Waals surface area contributed by atoms with Gasteiger partial charge in [0.05, 0.1) is 6.54 Å². The number of carbonyl (C=O) groups excluding carboxylic acids is 1. The van der Waals surface area contributed by atoms with Crippen LogP contribution in [0.25, 0.3) is 0 Å². The molecule has 0 aliphatic heterocycles. The summed E-state index contributed by atoms with van der Waals surface area (Å²) in [5.74, 6) is -3.10. The van der Waals surface area contributed by atoms with E-state index in [2.05, 4.69) is 26.1 Å². The second kappa shape index (κ2) is 6.16. The third-order valence-electron chi connectivity index (χ3n) is 4.08. The average molecular weight is 277 g/mol. The van der Waals surface area contributed by atoms with E-state index < -0.39 is 19.1 Å². The van der Waals surface area contributed by atoms with Crippen molar-refractivity contribution in [2.75, 3.05) is 13.2 Å². The van der Waals surface area contributed by atoms with E-state index in [1.807, 2.05) is 0 Å². The zero-order valence-corrected chi connectivity index (χ0v) is 12.0. The summed E-state index contributed by atoms with van der Waals surface area (Å²) in [7, 11) is 0. The molecule has 0 aromatic heterocycles. The van der Waals surface area contributed by atoms with Gasteiger partial charge in [0.1, 0.15) is 6.61 Å². The summed E-state index contributed by atoms with van der Waals surface area (Å²) in [6.45, 7) is 4.57. The van der Waals surface area contributed by atoms with Crippen LogP contribution in [0.1, 0.15) is 46.5 Å². The molecule has 0 unspecified atom stereocenters. The van der Waals surface area contributed by atoms with Gasteiger partial charge in [0.25, 0.3) is 5.92 Å². The minimum atomic E-state index is -3.22. The van der Waals surface area contributed by atoms with Crippen LogP contribution in [0.5, 0.6) is 0 Å². The van der Waals surface area contributed by atoms with E-state index >= 15 is 0 Å². The van der Waals surface area contributed by atoms with Crippen molar-refractivity contribution in [3.05, 3.63) is 0 Å². The molecular formula is C14H25F2NO2. The van der Waals surface area contributed by atoms with Crippen LogP contribution in [-0.4, -0.2) is 30.1 Å². The summed E-state index contributed by atoms with van der Waals surface area (Å²) in [6.07, 6.45) is 3.47. The fraction of sp³-hybridized carbons (Fsp3) is 0.929. The number of nitrogens with one attached hydrogen (secondary N) is 1. The van der Waals surface area contributed by atoms with Crippen LogP contribution >= 0.6 is 0 Å². The molecule has 1 aliphatic rings. The maximum absolute atomic E-state index is 12.8. The van der Waals surface area contributed by atoms with Gasteiger partial charge in [0, 0.05) is 5.92 Å². The highest BCUT2D eigenvalue weighted by molar-refractivity contribution is 5.78. The highest BCUT2D eigenvalue weighted by Crippen LogP contribution is 2.39. The van der Waals surface area contributed by atoms with Gasteiger partial charge in [-0.25, -0.2) is 8.78 Å². The predicted molar refractivity (Wildman–Crippen MR) is 69.9 cm³/mol. The molecule has 19 heavy (non-hydrogen) atoms. The van der Waals surface area contributed by atoms with E-state index in [1.54, 1.807) is 0 Å². The van der Waals surface area contributed by atoms with Gasteiger partial charge in [-0.1, -0.05) is 20.8 Å². The van der Waals surface area contributed by atoms with Crippen LogP contribution < -0.4 is 5.32 Å². The number of aliphatic hydroxyl groups excluding tert-OH is 1. The number of rotatable bonds is 4. The van der Waals surface area contributed by atoms with E-state index in [-0.39, 0.29) is 17.2 Å². The first-order valence-corrected chi connectivity index (χ1v) is 6.92. The van der Waals surface area contributed by atoms with E-state index in [0.717, 1.165) is 25.7 Å². The number of aliphatic hydroxyl groups is 1. The Kier molecular flexibility index (Phi) is 5.30. The van der Waals surface area contributed by atoms with Gasteiger partial charge in [0.2, 0.25) is 5.91 Å². The van der Waals surface area contributed by atoms with Gasteiger partial charge >= 0.3 is 0 Å². The Bertz CT molecular complexity index is 305. The van der Waals surface area contributed by atoms with E-state index in [4.69, 9.17) is 5.11 Å². The van der Waals surface area contributed by atoms with Crippen molar-refractivity contribution in [1.29, 1.82) is 0 Å². The van der Waals surface area contributed by atoms with Crippen molar-refractivity contribution in [3.8, 4) is 0 Å². The Labute approximate surface area is 113 Å². The van der Waals surface area contributed by atoms with Crippen molar-refractivity contribution in [3.63, 3.8) is 0 Å². The molecule has 1 saturated carbocycles. The monoisotopic (exact) mass is 277 g/mol. The normalized spacial score (nSPS) is 25.2. The molecular weight excluding hydrogens is 252 g/mol. The van der Waals surface area contributed by atoms with Gasteiger partial charge in [-0.15, -0.1) is 0 Å². The third kappa shape index (κ3) is 5.05. The van der Waals surface area contributed by atoms with Crippen LogP contribution in [-0.2, 0) is 4.79 Å². The first kappa shape index (κ1) is 16.3. The SMILES string of the molecule is CC(C)(C)C1CCC(C(=O)NCC(F)(F)CO)CC1. The van der Waals surface area contributed by atoms with Crippen molar-refractivity contribution in [1.82, 2.24) is 5.32 Å². The Balaban J connectivity index is 2.37. The maximum atomic E-state index is 12.8. The van der Waals surface area contributed by atoms with Crippen LogP contribution in [0.2, 0.25) is 0 Å². The molecule has 1 amide bonds. The molecule has 0 saturated heterocycles. The summed E-state index contributed by atoms with van der Waals surface area (Å²) in [5.41, 5.74) is 0.241. The quantitative estimate of drug-likeness (QED) is 0.830. The molecule has 5 heteroatoms. The smallest absolute Gasteiger partial charge is 0.287 e. The number of hydrogen-bond donors (Lipinski definition) is 2. The van der Waals surface area contributed by atoms with Gasteiger partial charge < -0.3 is 10.4 Å². The van der Waals surface area contributed by atoms with E-state index in [9.17, 15) is 13.6 Å². The molecule has 1 aliphatic carbocycles. The zero-order valence-electron chi connectivity index (χ0n) is 12.0. The lowest BCUT2D eigenvalue weighted by Crippen LogP contribution is -2.42. The number of carbonyl (C=O) groups is 1. The van der Waals surface area contributed by atoms with Crippen LogP contribution in [0.15, 0.2) is 0 Å². The summed E-state index contributed by atoms with van der Waals surface area (Å²) < 4.78 is 25.7. The van der Waals surface area contributed by atoms with Crippen LogP contribution in [0.3, 0.4) is 0 Å². The zero-order chi connectivity index (χ0) is 14.7. The second-order valence-corrected chi connectivity index (χ2v) is 6.65. The van der Waals surface area contributed by atoms with Crippen LogP contribution in [0, 0.1) is 17.3 Å². The van der Waals surface area contributed by atoms with Crippen molar-refractivity contribution in [2.24, 2.45) is 17.3 Å². The fourth-order valence-electron chi connectivity index (χ4n) is 2.64. The Morgan fingerprint density at radius 2 is 1.74 bits per heavy atom. The highest BCUT2D eigenvalue weighted by atomic mass is 19.3. The average Bonchev–Trinajstić information content (AvgIpc) is 2.35. The number of alkyl halides is 2. The highest BCUT2D eigenvalue weighted by Gasteiger charge is 2.34. The van der Waals surface area contributed by atoms with Gasteiger partial charge in [-0.3, -0.25) is 4.79 Å². The molecule has 112 valence electrons. The van der Waals surface area contributed by atoms with Crippen molar-refractivity contribution in [2.45, 2.75) is 52.4 Å². The minimum Gasteiger partial charge on any atom is -0.390 e. The topological polar surface area (TPSA) is 49.3 Å². The number of hydrogen-bond acceptors (Lipinski definition) is 2. The Hall–Kier alpha value is -0.710. The third-order valence-corrected chi connectivity index (χ3v) is 4.08. The lowest BCUT2D eigenvalue weighted by Gasteiger charge is -2.36. The Morgan fingerprint density at radius 1 is 1.21 bits per heavy atom. The standard InChI is InChI=1S/C14H25F2NO2/c1-13(2,3)11-6-4-10(5-7-11)12(19)17-8-14(15,16)9-18/h10-11,18H,4-9H2,1-3H3,(H,17,19). The number of halogens is 2. The molecule has 2 N–H and O–H groups in total. The van der Waals surface area contributed by atoms with Crippen molar-refractivity contribution < 1.29 is 18.7 Å². The van der Waals surface area contributed by atoms with Crippen LogP contribution in [0.4, 0.5) is 8.78 Å². The molecule has 1 fully saturated rings. The molecule has 1 rings (SSSR count). The van der Waals surface area contributed by atoms with Gasteiger partial charge in [0.15, 0.2) is 0 Å². The summed E-state index contributed by atoms with van der Waals surface area (Å²) >= 11 is 0. The number of amides is 1. The second-order valence-electron chi connectivity index (χ2n) is 6.65. The van der Waals surface area contributed by atoms with E-state index in [0.29, 0.717) is 5.92 Å². The summed E-state index contributed by atoms with van der Waals surface area (Å²) in [5, 5.41) is 10.7. The molecule has 0 bridgehead atoms. The molecule has 0 aromatic carbocycles. The first-order chi connectivity index (χ1) is 8.65. The predicted octanol–water partition coefficient (Wildman–Crippen LogP) is 2.58. The molecule has 0 spiro atoms. The summed E-state index contributed by atoms with van der Waals surface area (Å²) in [6, 6.07) is 0. The molecule has 3 nitrogen and oxygen atoms in total. The van der Waals surface area contributed by atoms with Gasteiger partial charge in [-0.05, 0) is 37.0 Å². The maximum Gasteiger partial charge on any atom is 0.287 e. The van der Waals surface area contributed by atoms with Gasteiger partial charge in [-0.2, -0.15) is 0 Å². The first-order valence-electron chi connectivity index (χ1n) is 6.92.